The van der Waals surface area contributed by atoms with E-state index in [0.29, 0.717) is 5.69 Å². The summed E-state index contributed by atoms with van der Waals surface area (Å²) in [5.41, 5.74) is 5.76. The Labute approximate surface area is 106 Å². The molecule has 0 saturated heterocycles. The van der Waals surface area contributed by atoms with Crippen LogP contribution in [0.5, 0.6) is 5.75 Å². The van der Waals surface area contributed by atoms with Crippen LogP contribution in [-0.2, 0) is 10.1 Å². The van der Waals surface area contributed by atoms with Gasteiger partial charge >= 0.3 is 29.6 Å². The average molecular weight is 227 g/mol. The summed E-state index contributed by atoms with van der Waals surface area (Å²) < 4.78 is 34.8. The maximum absolute atomic E-state index is 10.7. The molecular formula is C7H10NNaO4S. The predicted molar refractivity (Wildman–Crippen MR) is 48.3 cm³/mol. The molecule has 0 saturated carbocycles. The van der Waals surface area contributed by atoms with Gasteiger partial charge in [0.15, 0.2) is 0 Å². The van der Waals surface area contributed by atoms with Crippen molar-refractivity contribution in [2.75, 3.05) is 12.8 Å². The molecule has 0 radical (unpaired) electrons. The van der Waals surface area contributed by atoms with Gasteiger partial charge in [-0.1, -0.05) is 0 Å². The van der Waals surface area contributed by atoms with Gasteiger partial charge in [-0.3, -0.25) is 4.55 Å². The van der Waals surface area contributed by atoms with E-state index >= 15 is 0 Å². The summed E-state index contributed by atoms with van der Waals surface area (Å²) in [6.07, 6.45) is 0. The smallest absolute Gasteiger partial charge is 1.00 e. The molecule has 0 aliphatic heterocycles. The Hall–Kier alpha value is -0.270. The molecule has 0 aliphatic carbocycles. The van der Waals surface area contributed by atoms with E-state index in [-0.39, 0.29) is 41.6 Å². The summed E-state index contributed by atoms with van der Waals surface area (Å²) in [4.78, 5) is -0.237. The Morgan fingerprint density at radius 1 is 1.50 bits per heavy atom. The van der Waals surface area contributed by atoms with Crippen LogP contribution in [0.3, 0.4) is 0 Å². The fourth-order valence-corrected chi connectivity index (χ4v) is 1.35. The van der Waals surface area contributed by atoms with Crippen LogP contribution in [-0.4, -0.2) is 20.1 Å². The van der Waals surface area contributed by atoms with E-state index in [4.69, 9.17) is 15.0 Å². The third-order valence-corrected chi connectivity index (χ3v) is 2.35. The van der Waals surface area contributed by atoms with Crippen molar-refractivity contribution in [3.05, 3.63) is 18.2 Å². The van der Waals surface area contributed by atoms with Gasteiger partial charge < -0.3 is 11.9 Å². The van der Waals surface area contributed by atoms with Crippen LogP contribution in [0.2, 0.25) is 0 Å². The van der Waals surface area contributed by atoms with Gasteiger partial charge in [-0.2, -0.15) is 8.42 Å². The molecule has 0 heterocycles. The molecule has 0 spiro atoms. The molecule has 0 bridgehead atoms. The van der Waals surface area contributed by atoms with E-state index in [9.17, 15) is 8.42 Å². The summed E-state index contributed by atoms with van der Waals surface area (Å²) in [5, 5.41) is 0. The summed E-state index contributed by atoms with van der Waals surface area (Å²) in [6.45, 7) is 0. The molecule has 1 rings (SSSR count). The van der Waals surface area contributed by atoms with E-state index in [1.165, 1.54) is 19.2 Å². The fraction of sp³-hybridized carbons (Fsp3) is 0.143. The van der Waals surface area contributed by atoms with Crippen LogP contribution in [0.4, 0.5) is 5.69 Å². The van der Waals surface area contributed by atoms with E-state index < -0.39 is 10.1 Å². The van der Waals surface area contributed by atoms with Gasteiger partial charge in [-0.15, -0.1) is 0 Å². The molecule has 0 aliphatic rings. The SMILES string of the molecule is COc1cc(S(=O)(=O)O)ccc1N.[H-].[Na+]. The first-order valence-electron chi connectivity index (χ1n) is 3.36. The molecule has 0 unspecified atom stereocenters. The summed E-state index contributed by atoms with van der Waals surface area (Å²) in [5.74, 6) is 0.218. The standard InChI is InChI=1S/C7H9NO4S.Na.H/c1-12-7-4-5(13(9,10)11)2-3-6(7)8;;/h2-4H,8H2,1H3,(H,9,10,11);;/q;+1;-1. The summed E-state index contributed by atoms with van der Waals surface area (Å²) >= 11 is 0. The van der Waals surface area contributed by atoms with Gasteiger partial charge in [0.25, 0.3) is 10.1 Å². The zero-order chi connectivity index (χ0) is 10.1. The third-order valence-electron chi connectivity index (χ3n) is 1.50. The molecule has 1 aromatic carbocycles. The van der Waals surface area contributed by atoms with Crippen molar-refractivity contribution in [2.45, 2.75) is 4.90 Å². The maximum atomic E-state index is 10.7. The first kappa shape index (κ1) is 13.7. The quantitative estimate of drug-likeness (QED) is 0.335. The average Bonchev–Trinajstić information content (AvgIpc) is 2.03. The van der Waals surface area contributed by atoms with Crippen molar-refractivity contribution >= 4 is 15.8 Å². The topological polar surface area (TPSA) is 89.6 Å². The third kappa shape index (κ3) is 3.14. The van der Waals surface area contributed by atoms with E-state index in [2.05, 4.69) is 0 Å². The van der Waals surface area contributed by atoms with Crippen molar-refractivity contribution in [1.29, 1.82) is 0 Å². The number of benzene rings is 1. The first-order chi connectivity index (χ1) is 5.95. The normalized spacial score (nSPS) is 10.4. The number of nitrogens with two attached hydrogens (primary N) is 1. The predicted octanol–water partition coefficient (Wildman–Crippen LogP) is -2.36. The van der Waals surface area contributed by atoms with Gasteiger partial charge in [-0.05, 0) is 12.1 Å². The van der Waals surface area contributed by atoms with Crippen LogP contribution in [0.15, 0.2) is 23.1 Å². The largest absolute Gasteiger partial charge is 1.00 e. The van der Waals surface area contributed by atoms with Gasteiger partial charge in [0.2, 0.25) is 0 Å². The van der Waals surface area contributed by atoms with Crippen LogP contribution in [0.1, 0.15) is 1.43 Å². The molecule has 14 heavy (non-hydrogen) atoms. The minimum absolute atomic E-state index is 0. The van der Waals surface area contributed by atoms with Crippen molar-refractivity contribution in [3.63, 3.8) is 0 Å². The number of hydrogen-bond acceptors (Lipinski definition) is 4. The van der Waals surface area contributed by atoms with Crippen molar-refractivity contribution in [3.8, 4) is 5.75 Å². The van der Waals surface area contributed by atoms with Crippen molar-refractivity contribution in [2.24, 2.45) is 0 Å². The number of ether oxygens (including phenoxy) is 1. The van der Waals surface area contributed by atoms with Crippen LogP contribution < -0.4 is 40.0 Å². The Bertz CT molecular complexity index is 423. The van der Waals surface area contributed by atoms with Gasteiger partial charge in [0, 0.05) is 6.07 Å². The van der Waals surface area contributed by atoms with Crippen molar-refractivity contribution in [1.82, 2.24) is 0 Å². The second kappa shape index (κ2) is 4.99. The van der Waals surface area contributed by atoms with E-state index in [1.54, 1.807) is 0 Å². The number of nitrogen functional groups attached to an aromatic ring is 1. The second-order valence-electron chi connectivity index (χ2n) is 2.38. The number of hydrogen-bond donors (Lipinski definition) is 2. The van der Waals surface area contributed by atoms with E-state index in [0.717, 1.165) is 6.07 Å². The Kier molecular flexibility index (Phi) is 4.90. The van der Waals surface area contributed by atoms with Gasteiger partial charge in [0.05, 0.1) is 17.7 Å². The molecular weight excluding hydrogens is 217 g/mol. The van der Waals surface area contributed by atoms with E-state index in [1.807, 2.05) is 0 Å². The van der Waals surface area contributed by atoms with Crippen LogP contribution in [0, 0.1) is 0 Å². The number of anilines is 1. The Morgan fingerprint density at radius 3 is 2.50 bits per heavy atom. The van der Waals surface area contributed by atoms with Gasteiger partial charge in [0.1, 0.15) is 5.75 Å². The minimum Gasteiger partial charge on any atom is -1.00 e. The molecule has 1 aromatic rings. The number of rotatable bonds is 2. The minimum atomic E-state index is -4.19. The zero-order valence-electron chi connectivity index (χ0n) is 8.89. The number of methoxy groups -OCH3 is 1. The van der Waals surface area contributed by atoms with Gasteiger partial charge in [-0.25, -0.2) is 0 Å². The molecule has 7 heteroatoms. The molecule has 0 atom stereocenters. The first-order valence-corrected chi connectivity index (χ1v) is 4.80. The second-order valence-corrected chi connectivity index (χ2v) is 3.80. The molecule has 0 aromatic heterocycles. The van der Waals surface area contributed by atoms with Crippen molar-refractivity contribution < 1.29 is 48.7 Å². The molecule has 0 amide bonds. The molecule has 74 valence electrons. The molecule has 5 nitrogen and oxygen atoms in total. The van der Waals surface area contributed by atoms with Crippen LogP contribution >= 0.6 is 0 Å². The Balaban J connectivity index is 0. The van der Waals surface area contributed by atoms with Crippen LogP contribution in [0.25, 0.3) is 0 Å². The zero-order valence-corrected chi connectivity index (χ0v) is 10.7. The Morgan fingerprint density at radius 2 is 2.07 bits per heavy atom. The monoisotopic (exact) mass is 227 g/mol. The summed E-state index contributed by atoms with van der Waals surface area (Å²) in [6, 6.07) is 3.71. The molecule has 0 fully saturated rings. The molecule has 3 N–H and O–H groups in total. The summed E-state index contributed by atoms with van der Waals surface area (Å²) in [7, 11) is -2.83. The fourth-order valence-electron chi connectivity index (χ4n) is 0.852. The maximum Gasteiger partial charge on any atom is 1.00 e.